The van der Waals surface area contributed by atoms with Gasteiger partial charge in [0, 0.05) is 45.2 Å². The number of benzene rings is 1. The van der Waals surface area contributed by atoms with Gasteiger partial charge in [0.2, 0.25) is 11.6 Å². The van der Waals surface area contributed by atoms with E-state index in [2.05, 4.69) is 38.4 Å². The van der Waals surface area contributed by atoms with Gasteiger partial charge in [0.1, 0.15) is 5.52 Å². The highest BCUT2D eigenvalue weighted by atomic mass is 16.4. The Balaban J connectivity index is 1.19. The number of rotatable bonds is 7. The first-order valence-corrected chi connectivity index (χ1v) is 9.62. The van der Waals surface area contributed by atoms with Gasteiger partial charge < -0.3 is 14.8 Å². The average molecular weight is 380 g/mol. The van der Waals surface area contributed by atoms with Gasteiger partial charge in [-0.3, -0.25) is 9.69 Å². The van der Waals surface area contributed by atoms with Crippen LogP contribution in [0.25, 0.3) is 11.2 Å². The Hall–Kier alpha value is -2.77. The molecule has 3 heterocycles. The Morgan fingerprint density at radius 2 is 2.11 bits per heavy atom. The van der Waals surface area contributed by atoms with Crippen molar-refractivity contribution in [3.63, 3.8) is 0 Å². The maximum atomic E-state index is 12.1. The molecule has 0 saturated carbocycles. The fourth-order valence-electron chi connectivity index (χ4n) is 3.53. The number of hydrogen-bond acceptors (Lipinski definition) is 6. The molecule has 1 amide bonds. The highest BCUT2D eigenvalue weighted by molar-refractivity contribution is 5.76. The molecule has 1 aliphatic heterocycles. The molecule has 7 heteroatoms. The number of β-amino-alcohol motifs (C(OH)–C–C–N with tert-alkyl or cyclic N) is 1. The zero-order chi connectivity index (χ0) is 19.3. The van der Waals surface area contributed by atoms with E-state index in [-0.39, 0.29) is 18.9 Å². The molecule has 4 rings (SSSR count). The molecule has 28 heavy (non-hydrogen) atoms. The number of carbonyl (C=O) groups is 1. The molecule has 0 saturated heterocycles. The molecule has 2 aromatic heterocycles. The summed E-state index contributed by atoms with van der Waals surface area (Å²) < 4.78 is 5.51. The van der Waals surface area contributed by atoms with E-state index in [9.17, 15) is 9.90 Å². The van der Waals surface area contributed by atoms with Gasteiger partial charge in [-0.1, -0.05) is 24.3 Å². The number of pyridine rings is 1. The monoisotopic (exact) mass is 380 g/mol. The number of hydrogen-bond donors (Lipinski definition) is 2. The van der Waals surface area contributed by atoms with Crippen LogP contribution in [-0.2, 0) is 24.2 Å². The molecule has 0 unspecified atom stereocenters. The number of fused-ring (bicyclic) bond motifs is 2. The number of aliphatic hydroxyl groups is 1. The number of aryl methyl sites for hydroxylation is 1. The zero-order valence-corrected chi connectivity index (χ0v) is 15.7. The summed E-state index contributed by atoms with van der Waals surface area (Å²) in [7, 11) is 0. The third kappa shape index (κ3) is 4.55. The van der Waals surface area contributed by atoms with E-state index in [1.165, 1.54) is 11.1 Å². The van der Waals surface area contributed by atoms with Gasteiger partial charge in [0.05, 0.1) is 6.10 Å². The van der Waals surface area contributed by atoms with Crippen molar-refractivity contribution in [2.45, 2.75) is 31.9 Å². The molecule has 1 aromatic carbocycles. The lowest BCUT2D eigenvalue weighted by atomic mass is 10.00. The first-order valence-electron chi connectivity index (χ1n) is 9.62. The van der Waals surface area contributed by atoms with Crippen LogP contribution in [0, 0.1) is 0 Å². The second-order valence-corrected chi connectivity index (χ2v) is 7.15. The highest BCUT2D eigenvalue weighted by Gasteiger charge is 2.19. The number of carbonyl (C=O) groups excluding carboxylic acids is 1. The van der Waals surface area contributed by atoms with Gasteiger partial charge in [0.15, 0.2) is 5.89 Å². The summed E-state index contributed by atoms with van der Waals surface area (Å²) in [5.41, 5.74) is 3.88. The van der Waals surface area contributed by atoms with Crippen molar-refractivity contribution >= 4 is 17.1 Å². The maximum Gasteiger partial charge on any atom is 0.246 e. The van der Waals surface area contributed by atoms with Gasteiger partial charge in [-0.05, 0) is 29.7 Å². The third-order valence-corrected chi connectivity index (χ3v) is 4.99. The summed E-state index contributed by atoms with van der Waals surface area (Å²) in [6.45, 7) is 2.55. The van der Waals surface area contributed by atoms with Crippen LogP contribution in [0.1, 0.15) is 23.4 Å². The summed E-state index contributed by atoms with van der Waals surface area (Å²) in [4.78, 5) is 22.7. The van der Waals surface area contributed by atoms with Crippen LogP contribution in [-0.4, -0.2) is 51.6 Å². The van der Waals surface area contributed by atoms with E-state index in [1.807, 2.05) is 12.1 Å². The Morgan fingerprint density at radius 1 is 1.25 bits per heavy atom. The summed E-state index contributed by atoms with van der Waals surface area (Å²) in [5, 5.41) is 13.1. The predicted molar refractivity (Wildman–Crippen MR) is 105 cm³/mol. The molecule has 0 bridgehead atoms. The molecule has 1 atom stereocenters. The third-order valence-electron chi connectivity index (χ3n) is 4.99. The first kappa shape index (κ1) is 18.6. The van der Waals surface area contributed by atoms with Crippen molar-refractivity contribution < 1.29 is 14.3 Å². The number of nitrogens with one attached hydrogen (secondary N) is 1. The quantitative estimate of drug-likeness (QED) is 0.648. The molecule has 3 aromatic rings. The van der Waals surface area contributed by atoms with Crippen molar-refractivity contribution in [2.75, 3.05) is 19.6 Å². The van der Waals surface area contributed by atoms with Crippen LogP contribution in [0.3, 0.4) is 0 Å². The Kier molecular flexibility index (Phi) is 5.64. The number of aliphatic hydroxyl groups excluding tert-OH is 1. The second kappa shape index (κ2) is 8.50. The van der Waals surface area contributed by atoms with E-state index in [4.69, 9.17) is 4.42 Å². The molecule has 0 radical (unpaired) electrons. The lowest BCUT2D eigenvalue weighted by Crippen LogP contribution is -2.42. The Bertz CT molecular complexity index is 922. The van der Waals surface area contributed by atoms with Crippen LogP contribution >= 0.6 is 0 Å². The van der Waals surface area contributed by atoms with Crippen molar-refractivity contribution in [3.8, 4) is 0 Å². The molecular weight excluding hydrogens is 356 g/mol. The first-order chi connectivity index (χ1) is 13.7. The van der Waals surface area contributed by atoms with E-state index in [1.54, 1.807) is 12.3 Å². The zero-order valence-electron chi connectivity index (χ0n) is 15.7. The standard InChI is InChI=1S/C21H24N4O3/c26-17(14-25-11-9-15-4-1-2-5-16(15)13-25)12-23-19(27)7-8-20-24-18-6-3-10-22-21(18)28-20/h1-6,10,17,26H,7-9,11-14H2,(H,23,27)/t17-/m1/s1. The van der Waals surface area contributed by atoms with Gasteiger partial charge in [-0.25, -0.2) is 9.97 Å². The normalized spacial score (nSPS) is 15.3. The van der Waals surface area contributed by atoms with E-state index in [0.717, 1.165) is 19.5 Å². The molecule has 0 aliphatic carbocycles. The summed E-state index contributed by atoms with van der Waals surface area (Å²) >= 11 is 0. The van der Waals surface area contributed by atoms with Gasteiger partial charge >= 0.3 is 0 Å². The number of aromatic nitrogens is 2. The fourth-order valence-corrected chi connectivity index (χ4v) is 3.53. The largest absolute Gasteiger partial charge is 0.422 e. The minimum atomic E-state index is -0.595. The number of nitrogens with zero attached hydrogens (tertiary/aromatic N) is 3. The van der Waals surface area contributed by atoms with Crippen LogP contribution in [0.15, 0.2) is 47.0 Å². The fraction of sp³-hybridized carbons (Fsp3) is 0.381. The number of amides is 1. The van der Waals surface area contributed by atoms with Crippen molar-refractivity contribution in [1.82, 2.24) is 20.2 Å². The topological polar surface area (TPSA) is 91.5 Å². The van der Waals surface area contributed by atoms with Crippen molar-refractivity contribution in [2.24, 2.45) is 0 Å². The predicted octanol–water partition coefficient (Wildman–Crippen LogP) is 1.69. The van der Waals surface area contributed by atoms with E-state index < -0.39 is 6.10 Å². The molecule has 1 aliphatic rings. The summed E-state index contributed by atoms with van der Waals surface area (Å²) in [6, 6.07) is 12.0. The average Bonchev–Trinajstić information content (AvgIpc) is 3.14. The van der Waals surface area contributed by atoms with Gasteiger partial charge in [-0.15, -0.1) is 0 Å². The Labute approximate surface area is 163 Å². The van der Waals surface area contributed by atoms with Gasteiger partial charge in [0.25, 0.3) is 0 Å². The minimum absolute atomic E-state index is 0.127. The molecule has 0 fully saturated rings. The lowest BCUT2D eigenvalue weighted by molar-refractivity contribution is -0.121. The van der Waals surface area contributed by atoms with Crippen LogP contribution < -0.4 is 5.32 Å². The lowest BCUT2D eigenvalue weighted by Gasteiger charge is -2.30. The summed E-state index contributed by atoms with van der Waals surface area (Å²) in [5.74, 6) is 0.370. The molecule has 0 spiro atoms. The molecule has 2 N–H and O–H groups in total. The second-order valence-electron chi connectivity index (χ2n) is 7.15. The van der Waals surface area contributed by atoms with Gasteiger partial charge in [-0.2, -0.15) is 0 Å². The van der Waals surface area contributed by atoms with Crippen molar-refractivity contribution in [3.05, 3.63) is 59.6 Å². The van der Waals surface area contributed by atoms with E-state index >= 15 is 0 Å². The van der Waals surface area contributed by atoms with Crippen LogP contribution in [0.4, 0.5) is 0 Å². The maximum absolute atomic E-state index is 12.1. The van der Waals surface area contributed by atoms with Crippen LogP contribution in [0.2, 0.25) is 0 Å². The molecular formula is C21H24N4O3. The SMILES string of the molecule is O=C(CCc1nc2cccnc2o1)NC[C@@H](O)CN1CCc2ccccc2C1. The van der Waals surface area contributed by atoms with Crippen molar-refractivity contribution in [1.29, 1.82) is 0 Å². The molecule has 7 nitrogen and oxygen atoms in total. The molecule has 146 valence electrons. The summed E-state index contributed by atoms with van der Waals surface area (Å²) in [6.07, 6.45) is 2.71. The smallest absolute Gasteiger partial charge is 0.246 e. The number of oxazole rings is 1. The highest BCUT2D eigenvalue weighted by Crippen LogP contribution is 2.18. The minimum Gasteiger partial charge on any atom is -0.422 e. The van der Waals surface area contributed by atoms with E-state index in [0.29, 0.717) is 30.1 Å². The Morgan fingerprint density at radius 3 is 2.96 bits per heavy atom. The van der Waals surface area contributed by atoms with Crippen LogP contribution in [0.5, 0.6) is 0 Å².